The number of rotatable bonds is 1. The Hall–Kier alpha value is -2.49. The molecule has 3 aromatic heterocycles. The summed E-state index contributed by atoms with van der Waals surface area (Å²) in [5.41, 5.74) is 7.42. The second-order valence-corrected chi connectivity index (χ2v) is 5.46. The van der Waals surface area contributed by atoms with Crippen molar-refractivity contribution < 1.29 is 0 Å². The van der Waals surface area contributed by atoms with E-state index in [1.807, 2.05) is 0 Å². The normalized spacial score (nSPS) is 11.8. The first kappa shape index (κ1) is 12.3. The minimum atomic E-state index is 0.726. The number of nitrogens with one attached hydrogen (secondary N) is 1. The molecule has 0 unspecified atom stereocenters. The predicted octanol–water partition coefficient (Wildman–Crippen LogP) is 3.84. The molecule has 0 saturated heterocycles. The molecule has 4 aromatic rings. The average Bonchev–Trinajstić information content (AvgIpc) is 2.92. The standard InChI is InChI=1S/C17H16N4/c1-4-11-15-13(16-17(20-11)19-8-7-18-16)12-9(2)5-6-10(3)14(12)21-15/h5-8,21H,4H2,1-3H3. The Morgan fingerprint density at radius 3 is 2.52 bits per heavy atom. The van der Waals surface area contributed by atoms with E-state index in [0.717, 1.165) is 34.2 Å². The van der Waals surface area contributed by atoms with Crippen molar-refractivity contribution in [2.75, 3.05) is 0 Å². The van der Waals surface area contributed by atoms with E-state index in [4.69, 9.17) is 0 Å². The van der Waals surface area contributed by atoms with E-state index in [2.05, 4.69) is 52.8 Å². The van der Waals surface area contributed by atoms with E-state index in [1.54, 1.807) is 12.4 Å². The van der Waals surface area contributed by atoms with Crippen LogP contribution in [0.1, 0.15) is 23.7 Å². The van der Waals surface area contributed by atoms with Crippen molar-refractivity contribution in [1.29, 1.82) is 0 Å². The third-order valence-corrected chi connectivity index (χ3v) is 4.15. The Morgan fingerprint density at radius 1 is 0.952 bits per heavy atom. The molecule has 0 amide bonds. The highest BCUT2D eigenvalue weighted by Crippen LogP contribution is 2.34. The van der Waals surface area contributed by atoms with Crippen LogP contribution in [0.2, 0.25) is 0 Å². The first-order valence-corrected chi connectivity index (χ1v) is 7.22. The van der Waals surface area contributed by atoms with Gasteiger partial charge in [0.1, 0.15) is 5.52 Å². The molecule has 104 valence electrons. The number of aromatic nitrogens is 4. The molecule has 4 rings (SSSR count). The maximum atomic E-state index is 4.67. The third-order valence-electron chi connectivity index (χ3n) is 4.15. The zero-order chi connectivity index (χ0) is 14.6. The Balaban J connectivity index is 2.39. The summed E-state index contributed by atoms with van der Waals surface area (Å²) in [7, 11) is 0. The van der Waals surface area contributed by atoms with Crippen LogP contribution in [-0.2, 0) is 6.42 Å². The van der Waals surface area contributed by atoms with Crippen LogP contribution in [0.25, 0.3) is 33.0 Å². The number of pyridine rings is 1. The van der Waals surface area contributed by atoms with Gasteiger partial charge in [0, 0.05) is 28.7 Å². The van der Waals surface area contributed by atoms with Crippen LogP contribution in [-0.4, -0.2) is 19.9 Å². The molecule has 0 radical (unpaired) electrons. The van der Waals surface area contributed by atoms with Crippen LogP contribution in [0.3, 0.4) is 0 Å². The van der Waals surface area contributed by atoms with Crippen LogP contribution in [0, 0.1) is 13.8 Å². The molecule has 0 fully saturated rings. The van der Waals surface area contributed by atoms with Crippen molar-refractivity contribution in [1.82, 2.24) is 19.9 Å². The molecule has 4 heteroatoms. The van der Waals surface area contributed by atoms with Crippen LogP contribution >= 0.6 is 0 Å². The predicted molar refractivity (Wildman–Crippen MR) is 85.5 cm³/mol. The van der Waals surface area contributed by atoms with E-state index in [1.165, 1.54) is 22.0 Å². The molecule has 1 aromatic carbocycles. The molecule has 1 N–H and O–H groups in total. The van der Waals surface area contributed by atoms with Crippen LogP contribution < -0.4 is 0 Å². The molecule has 0 atom stereocenters. The Morgan fingerprint density at radius 2 is 1.71 bits per heavy atom. The highest BCUT2D eigenvalue weighted by atomic mass is 14.9. The number of hydrogen-bond acceptors (Lipinski definition) is 3. The fraction of sp³-hybridized carbons (Fsp3) is 0.235. The molecule has 4 nitrogen and oxygen atoms in total. The second-order valence-electron chi connectivity index (χ2n) is 5.46. The van der Waals surface area contributed by atoms with Crippen molar-refractivity contribution >= 4 is 33.0 Å². The van der Waals surface area contributed by atoms with Gasteiger partial charge in [-0.3, -0.25) is 4.98 Å². The highest BCUT2D eigenvalue weighted by molar-refractivity contribution is 6.19. The van der Waals surface area contributed by atoms with Crippen molar-refractivity contribution in [2.45, 2.75) is 27.2 Å². The zero-order valence-corrected chi connectivity index (χ0v) is 12.4. The fourth-order valence-electron chi connectivity index (χ4n) is 3.09. The van der Waals surface area contributed by atoms with Crippen molar-refractivity contribution in [3.8, 4) is 0 Å². The lowest BCUT2D eigenvalue weighted by molar-refractivity contribution is 1.05. The molecular formula is C17H16N4. The first-order valence-electron chi connectivity index (χ1n) is 7.22. The van der Waals surface area contributed by atoms with E-state index in [-0.39, 0.29) is 0 Å². The maximum absolute atomic E-state index is 4.67. The smallest absolute Gasteiger partial charge is 0.179 e. The summed E-state index contributed by atoms with van der Waals surface area (Å²) in [5.74, 6) is 0. The van der Waals surface area contributed by atoms with Gasteiger partial charge in [-0.25, -0.2) is 9.97 Å². The Labute approximate surface area is 122 Å². The summed E-state index contributed by atoms with van der Waals surface area (Å²) in [6.45, 7) is 6.39. The van der Waals surface area contributed by atoms with Gasteiger partial charge in [-0.1, -0.05) is 19.1 Å². The largest absolute Gasteiger partial charge is 0.353 e. The summed E-state index contributed by atoms with van der Waals surface area (Å²) in [5, 5.41) is 2.40. The molecular weight excluding hydrogens is 260 g/mol. The van der Waals surface area contributed by atoms with Gasteiger partial charge < -0.3 is 4.98 Å². The number of H-pyrrole nitrogens is 1. The SMILES string of the molecule is CCc1nc2nccnc2c2c1[nH]c1c(C)ccc(C)c12. The third kappa shape index (κ3) is 1.59. The summed E-state index contributed by atoms with van der Waals surface area (Å²) in [6, 6.07) is 4.32. The molecule has 0 bridgehead atoms. The van der Waals surface area contributed by atoms with Crippen molar-refractivity contribution in [3.05, 3.63) is 41.3 Å². The Bertz CT molecular complexity index is 998. The molecule has 0 spiro atoms. The lowest BCUT2D eigenvalue weighted by Gasteiger charge is -2.04. The summed E-state index contributed by atoms with van der Waals surface area (Å²) in [4.78, 5) is 17.2. The molecule has 0 saturated carbocycles. The number of benzene rings is 1. The van der Waals surface area contributed by atoms with E-state index in [0.29, 0.717) is 0 Å². The molecule has 0 aliphatic rings. The van der Waals surface area contributed by atoms with Gasteiger partial charge in [0.15, 0.2) is 5.65 Å². The maximum Gasteiger partial charge on any atom is 0.179 e. The number of fused-ring (bicyclic) bond motifs is 5. The van der Waals surface area contributed by atoms with Crippen molar-refractivity contribution in [2.24, 2.45) is 0 Å². The monoisotopic (exact) mass is 276 g/mol. The summed E-state index contributed by atoms with van der Waals surface area (Å²) < 4.78 is 0. The molecule has 0 aliphatic carbocycles. The van der Waals surface area contributed by atoms with E-state index in [9.17, 15) is 0 Å². The first-order chi connectivity index (χ1) is 10.2. The van der Waals surface area contributed by atoms with Crippen molar-refractivity contribution in [3.63, 3.8) is 0 Å². The van der Waals surface area contributed by atoms with Crippen LogP contribution in [0.4, 0.5) is 0 Å². The summed E-state index contributed by atoms with van der Waals surface area (Å²) >= 11 is 0. The van der Waals surface area contributed by atoms with Gasteiger partial charge in [-0.05, 0) is 31.4 Å². The lowest BCUT2D eigenvalue weighted by Crippen LogP contribution is -1.94. The van der Waals surface area contributed by atoms with E-state index >= 15 is 0 Å². The zero-order valence-electron chi connectivity index (χ0n) is 12.4. The van der Waals surface area contributed by atoms with Crippen LogP contribution in [0.15, 0.2) is 24.5 Å². The minimum absolute atomic E-state index is 0.726. The molecule has 0 aliphatic heterocycles. The van der Waals surface area contributed by atoms with Gasteiger partial charge in [0.25, 0.3) is 0 Å². The fourth-order valence-corrected chi connectivity index (χ4v) is 3.09. The number of aryl methyl sites for hydroxylation is 3. The second kappa shape index (κ2) is 4.25. The van der Waals surface area contributed by atoms with Gasteiger partial charge in [-0.2, -0.15) is 0 Å². The number of aromatic amines is 1. The van der Waals surface area contributed by atoms with Gasteiger partial charge in [-0.15, -0.1) is 0 Å². The Kier molecular flexibility index (Phi) is 2.48. The van der Waals surface area contributed by atoms with E-state index < -0.39 is 0 Å². The van der Waals surface area contributed by atoms with Gasteiger partial charge in [0.05, 0.1) is 11.2 Å². The molecule has 21 heavy (non-hydrogen) atoms. The number of hydrogen-bond donors (Lipinski definition) is 1. The van der Waals surface area contributed by atoms with Gasteiger partial charge in [0.2, 0.25) is 0 Å². The topological polar surface area (TPSA) is 54.5 Å². The van der Waals surface area contributed by atoms with Crippen LogP contribution in [0.5, 0.6) is 0 Å². The molecule has 3 heterocycles. The average molecular weight is 276 g/mol. The lowest BCUT2D eigenvalue weighted by atomic mass is 10.0. The quantitative estimate of drug-likeness (QED) is 0.574. The summed E-state index contributed by atoms with van der Waals surface area (Å²) in [6.07, 6.45) is 4.31. The minimum Gasteiger partial charge on any atom is -0.353 e. The van der Waals surface area contributed by atoms with Gasteiger partial charge >= 0.3 is 0 Å². The highest BCUT2D eigenvalue weighted by Gasteiger charge is 2.16. The number of nitrogens with zero attached hydrogens (tertiary/aromatic N) is 3.